The van der Waals surface area contributed by atoms with E-state index in [0.29, 0.717) is 17.8 Å². The van der Waals surface area contributed by atoms with E-state index >= 15 is 0 Å². The summed E-state index contributed by atoms with van der Waals surface area (Å²) < 4.78 is 5.42. The van der Waals surface area contributed by atoms with E-state index in [-0.39, 0.29) is 5.91 Å². The molecule has 5 heteroatoms. The molecule has 0 saturated carbocycles. The van der Waals surface area contributed by atoms with Crippen molar-refractivity contribution in [2.75, 3.05) is 30.4 Å². The van der Waals surface area contributed by atoms with Crippen LogP contribution in [-0.4, -0.2) is 37.5 Å². The van der Waals surface area contributed by atoms with E-state index in [9.17, 15) is 4.79 Å². The zero-order valence-electron chi connectivity index (χ0n) is 16.3. The van der Waals surface area contributed by atoms with Gasteiger partial charge in [0.25, 0.3) is 0 Å². The molecule has 1 fully saturated rings. The Morgan fingerprint density at radius 1 is 1.19 bits per heavy atom. The van der Waals surface area contributed by atoms with E-state index in [1.807, 2.05) is 36.0 Å². The minimum Gasteiger partial charge on any atom is -0.380 e. The van der Waals surface area contributed by atoms with Gasteiger partial charge in [-0.3, -0.25) is 4.79 Å². The lowest BCUT2D eigenvalue weighted by molar-refractivity contribution is -0.115. The van der Waals surface area contributed by atoms with Crippen LogP contribution < -0.4 is 10.2 Å². The van der Waals surface area contributed by atoms with Gasteiger partial charge >= 0.3 is 0 Å². The van der Waals surface area contributed by atoms with Gasteiger partial charge in [-0.15, -0.1) is 11.8 Å². The number of hydrogen-bond donors (Lipinski definition) is 1. The number of carbonyl (C=O) groups excluding carboxylic acids is 1. The van der Waals surface area contributed by atoms with E-state index < -0.39 is 0 Å². The fourth-order valence-electron chi connectivity index (χ4n) is 3.26. The molecular formula is C22H28N2O2S. The second kappa shape index (κ2) is 9.29. The van der Waals surface area contributed by atoms with Gasteiger partial charge in [-0.25, -0.2) is 0 Å². The number of anilines is 2. The van der Waals surface area contributed by atoms with E-state index in [2.05, 4.69) is 48.3 Å². The molecule has 1 heterocycles. The Bertz CT molecular complexity index is 744. The molecule has 0 unspecified atom stereocenters. The summed E-state index contributed by atoms with van der Waals surface area (Å²) >= 11 is 1.83. The van der Waals surface area contributed by atoms with Gasteiger partial charge in [0.15, 0.2) is 0 Å². The van der Waals surface area contributed by atoms with Crippen molar-refractivity contribution >= 4 is 29.0 Å². The Kier molecular flexibility index (Phi) is 6.80. The molecule has 144 valence electrons. The summed E-state index contributed by atoms with van der Waals surface area (Å²) in [6.07, 6.45) is 1.76. The molecule has 4 nitrogen and oxygen atoms in total. The number of methoxy groups -OCH3 is 1. The number of nitrogens with zero attached hydrogens (tertiary/aromatic N) is 1. The highest BCUT2D eigenvalue weighted by atomic mass is 32.2. The van der Waals surface area contributed by atoms with E-state index in [4.69, 9.17) is 4.74 Å². The van der Waals surface area contributed by atoms with Gasteiger partial charge < -0.3 is 15.0 Å². The molecule has 3 rings (SSSR count). The van der Waals surface area contributed by atoms with E-state index in [1.54, 1.807) is 7.11 Å². The highest BCUT2D eigenvalue weighted by Gasteiger charge is 2.22. The van der Waals surface area contributed by atoms with Crippen LogP contribution in [0.15, 0.2) is 53.4 Å². The van der Waals surface area contributed by atoms with Gasteiger partial charge in [-0.1, -0.05) is 26.0 Å². The fourth-order valence-corrected chi connectivity index (χ4v) is 4.10. The first kappa shape index (κ1) is 19.8. The van der Waals surface area contributed by atoms with Crippen LogP contribution in [-0.2, 0) is 16.0 Å². The molecular weight excluding hydrogens is 356 g/mol. The third kappa shape index (κ3) is 5.75. The third-order valence-electron chi connectivity index (χ3n) is 4.65. The van der Waals surface area contributed by atoms with Gasteiger partial charge in [0.1, 0.15) is 0 Å². The van der Waals surface area contributed by atoms with Gasteiger partial charge in [0.05, 0.1) is 12.5 Å². The minimum atomic E-state index is 0.00707. The topological polar surface area (TPSA) is 41.6 Å². The molecule has 1 amide bonds. The molecule has 0 spiro atoms. The lowest BCUT2D eigenvalue weighted by Gasteiger charge is -2.18. The normalized spacial score (nSPS) is 16.7. The van der Waals surface area contributed by atoms with Crippen molar-refractivity contribution in [1.29, 1.82) is 0 Å². The SMILES string of the molecule is CO[C@H]1CCN(c2ccc(NC(=O)Cc3ccc(SC(C)C)cc3)cc2)C1. The molecule has 0 radical (unpaired) electrons. The van der Waals surface area contributed by atoms with Crippen LogP contribution in [0.1, 0.15) is 25.8 Å². The molecule has 0 aliphatic carbocycles. The van der Waals surface area contributed by atoms with Crippen LogP contribution in [0.4, 0.5) is 11.4 Å². The Morgan fingerprint density at radius 2 is 1.89 bits per heavy atom. The summed E-state index contributed by atoms with van der Waals surface area (Å²) in [7, 11) is 1.77. The average Bonchev–Trinajstić information content (AvgIpc) is 3.13. The van der Waals surface area contributed by atoms with Crippen molar-refractivity contribution in [3.8, 4) is 0 Å². The summed E-state index contributed by atoms with van der Waals surface area (Å²) in [5.41, 5.74) is 3.03. The Hall–Kier alpha value is -1.98. The fraction of sp³-hybridized carbons (Fsp3) is 0.409. The van der Waals surface area contributed by atoms with Crippen LogP contribution in [0.25, 0.3) is 0 Å². The average molecular weight is 385 g/mol. The van der Waals surface area contributed by atoms with Crippen molar-refractivity contribution < 1.29 is 9.53 Å². The largest absolute Gasteiger partial charge is 0.380 e. The molecule has 1 saturated heterocycles. The van der Waals surface area contributed by atoms with Crippen LogP contribution in [0.2, 0.25) is 0 Å². The lowest BCUT2D eigenvalue weighted by Crippen LogP contribution is -2.22. The molecule has 27 heavy (non-hydrogen) atoms. The molecule has 0 bridgehead atoms. The summed E-state index contributed by atoms with van der Waals surface area (Å²) in [5, 5.41) is 3.55. The molecule has 0 aromatic heterocycles. The van der Waals surface area contributed by atoms with Crippen LogP contribution in [0.3, 0.4) is 0 Å². The second-order valence-electron chi connectivity index (χ2n) is 7.17. The lowest BCUT2D eigenvalue weighted by atomic mass is 10.1. The summed E-state index contributed by atoms with van der Waals surface area (Å²) in [6, 6.07) is 16.3. The van der Waals surface area contributed by atoms with Gasteiger partial charge in [-0.2, -0.15) is 0 Å². The predicted octanol–water partition coefficient (Wildman–Crippen LogP) is 4.59. The quantitative estimate of drug-likeness (QED) is 0.709. The highest BCUT2D eigenvalue weighted by Crippen LogP contribution is 2.24. The summed E-state index contributed by atoms with van der Waals surface area (Å²) in [5.74, 6) is 0.00707. The number of carbonyl (C=O) groups is 1. The number of rotatable bonds is 7. The smallest absolute Gasteiger partial charge is 0.228 e. The number of benzene rings is 2. The number of ether oxygens (including phenoxy) is 1. The molecule has 1 aliphatic heterocycles. The number of nitrogens with one attached hydrogen (secondary N) is 1. The Labute approximate surface area is 166 Å². The zero-order valence-corrected chi connectivity index (χ0v) is 17.1. The maximum atomic E-state index is 12.3. The molecule has 1 atom stereocenters. The number of hydrogen-bond acceptors (Lipinski definition) is 4. The Morgan fingerprint density at radius 3 is 2.48 bits per heavy atom. The molecule has 1 aliphatic rings. The van der Waals surface area contributed by atoms with Crippen molar-refractivity contribution in [2.45, 2.75) is 42.9 Å². The van der Waals surface area contributed by atoms with Crippen molar-refractivity contribution in [1.82, 2.24) is 0 Å². The molecule has 1 N–H and O–H groups in total. The first-order chi connectivity index (χ1) is 13.0. The second-order valence-corrected chi connectivity index (χ2v) is 8.82. The van der Waals surface area contributed by atoms with Crippen LogP contribution in [0, 0.1) is 0 Å². The monoisotopic (exact) mass is 384 g/mol. The van der Waals surface area contributed by atoms with Gasteiger partial charge in [0, 0.05) is 41.7 Å². The number of amides is 1. The molecule has 2 aromatic rings. The highest BCUT2D eigenvalue weighted by molar-refractivity contribution is 7.99. The van der Waals surface area contributed by atoms with Crippen LogP contribution >= 0.6 is 11.8 Å². The van der Waals surface area contributed by atoms with Crippen molar-refractivity contribution in [3.05, 3.63) is 54.1 Å². The van der Waals surface area contributed by atoms with Gasteiger partial charge in [0.2, 0.25) is 5.91 Å². The maximum Gasteiger partial charge on any atom is 0.228 e. The zero-order chi connectivity index (χ0) is 19.2. The van der Waals surface area contributed by atoms with Crippen LogP contribution in [0.5, 0.6) is 0 Å². The van der Waals surface area contributed by atoms with E-state index in [1.165, 1.54) is 10.6 Å². The van der Waals surface area contributed by atoms with Crippen molar-refractivity contribution in [2.24, 2.45) is 0 Å². The Balaban J connectivity index is 1.52. The minimum absolute atomic E-state index is 0.00707. The predicted molar refractivity (Wildman–Crippen MR) is 114 cm³/mol. The summed E-state index contributed by atoms with van der Waals surface area (Å²) in [6.45, 7) is 6.29. The molecule has 2 aromatic carbocycles. The van der Waals surface area contributed by atoms with Gasteiger partial charge in [-0.05, 0) is 48.4 Å². The third-order valence-corrected chi connectivity index (χ3v) is 5.67. The number of thioether (sulfide) groups is 1. The van der Waals surface area contributed by atoms with Crippen molar-refractivity contribution in [3.63, 3.8) is 0 Å². The first-order valence-corrected chi connectivity index (χ1v) is 10.3. The first-order valence-electron chi connectivity index (χ1n) is 9.47. The standard InChI is InChI=1S/C22H28N2O2S/c1-16(2)27-21-10-4-17(5-11-21)14-22(25)23-18-6-8-19(9-7-18)24-13-12-20(15-24)26-3/h4-11,16,20H,12-15H2,1-3H3,(H,23,25)/t20-/m0/s1. The van der Waals surface area contributed by atoms with E-state index in [0.717, 1.165) is 30.8 Å². The summed E-state index contributed by atoms with van der Waals surface area (Å²) in [4.78, 5) is 15.9. The maximum absolute atomic E-state index is 12.3.